The normalized spacial score (nSPS) is 13.0. The first kappa shape index (κ1) is 10.6. The Kier molecular flexibility index (Phi) is 4.08. The monoisotopic (exact) mass is 310 g/mol. The molecular weight excluding hydrogens is 303 g/mol. The zero-order valence-corrected chi connectivity index (χ0v) is 10.6. The van der Waals surface area contributed by atoms with Crippen LogP contribution in [-0.2, 0) is 0 Å². The summed E-state index contributed by atoms with van der Waals surface area (Å²) in [7, 11) is 0. The van der Waals surface area contributed by atoms with Crippen LogP contribution < -0.4 is 0 Å². The predicted molar refractivity (Wildman–Crippen MR) is 61.0 cm³/mol. The Labute approximate surface area is 94.6 Å². The fourth-order valence-corrected chi connectivity index (χ4v) is 2.46. The molecule has 12 heavy (non-hydrogen) atoms. The fourth-order valence-electron chi connectivity index (χ4n) is 0.949. The highest BCUT2D eigenvalue weighted by Gasteiger charge is 2.05. The molecule has 0 aliphatic carbocycles. The minimum Gasteiger partial charge on any atom is -0.126 e. The first-order valence-electron chi connectivity index (χ1n) is 3.65. The van der Waals surface area contributed by atoms with Gasteiger partial charge in [-0.2, -0.15) is 0 Å². The molecule has 0 fully saturated rings. The van der Waals surface area contributed by atoms with Gasteiger partial charge in [0.2, 0.25) is 0 Å². The minimum atomic E-state index is 0.403. The second-order valence-corrected chi connectivity index (χ2v) is 4.90. The Morgan fingerprint density at radius 1 is 1.25 bits per heavy atom. The van der Waals surface area contributed by atoms with Crippen LogP contribution in [0.1, 0.15) is 18.4 Å². The molecule has 0 aromatic heterocycles. The van der Waals surface area contributed by atoms with Crippen molar-refractivity contribution in [3.63, 3.8) is 0 Å². The van der Waals surface area contributed by atoms with Gasteiger partial charge in [0.1, 0.15) is 0 Å². The van der Waals surface area contributed by atoms with E-state index in [4.69, 9.17) is 11.6 Å². The molecule has 66 valence electrons. The van der Waals surface area contributed by atoms with E-state index in [1.165, 1.54) is 5.56 Å². The SMILES string of the molecule is CC(CCl)c1cc(Br)cc(Br)c1. The Bertz CT molecular complexity index is 253. The second kappa shape index (κ2) is 4.64. The van der Waals surface area contributed by atoms with E-state index in [2.05, 4.69) is 50.9 Å². The van der Waals surface area contributed by atoms with Crippen molar-refractivity contribution in [1.29, 1.82) is 0 Å². The molecule has 1 atom stereocenters. The summed E-state index contributed by atoms with van der Waals surface area (Å²) >= 11 is 12.6. The smallest absolute Gasteiger partial charge is 0.0289 e. The van der Waals surface area contributed by atoms with Gasteiger partial charge in [0.25, 0.3) is 0 Å². The summed E-state index contributed by atoms with van der Waals surface area (Å²) in [5, 5.41) is 0. The highest BCUT2D eigenvalue weighted by Crippen LogP contribution is 2.25. The molecule has 0 bridgehead atoms. The number of hydrogen-bond acceptors (Lipinski definition) is 0. The van der Waals surface area contributed by atoms with Crippen LogP contribution in [0.4, 0.5) is 0 Å². The maximum absolute atomic E-state index is 5.76. The third kappa shape index (κ3) is 2.75. The number of hydrogen-bond donors (Lipinski definition) is 0. The number of alkyl halides is 1. The van der Waals surface area contributed by atoms with Crippen LogP contribution in [0.3, 0.4) is 0 Å². The van der Waals surface area contributed by atoms with Gasteiger partial charge >= 0.3 is 0 Å². The van der Waals surface area contributed by atoms with Crippen molar-refractivity contribution in [2.75, 3.05) is 5.88 Å². The van der Waals surface area contributed by atoms with Crippen LogP contribution in [0.15, 0.2) is 27.1 Å². The first-order chi connectivity index (χ1) is 5.63. The average molecular weight is 312 g/mol. The van der Waals surface area contributed by atoms with E-state index >= 15 is 0 Å². The molecule has 0 nitrogen and oxygen atoms in total. The van der Waals surface area contributed by atoms with Crippen molar-refractivity contribution in [2.24, 2.45) is 0 Å². The van der Waals surface area contributed by atoms with Crippen molar-refractivity contribution in [3.05, 3.63) is 32.7 Å². The zero-order valence-electron chi connectivity index (χ0n) is 6.65. The fraction of sp³-hybridized carbons (Fsp3) is 0.333. The standard InChI is InChI=1S/C9H9Br2Cl/c1-6(5-12)7-2-8(10)4-9(11)3-7/h2-4,6H,5H2,1H3. The van der Waals surface area contributed by atoms with Gasteiger partial charge in [-0.15, -0.1) is 11.6 Å². The summed E-state index contributed by atoms with van der Waals surface area (Å²) < 4.78 is 2.17. The van der Waals surface area contributed by atoms with Crippen LogP contribution in [0, 0.1) is 0 Å². The summed E-state index contributed by atoms with van der Waals surface area (Å²) in [4.78, 5) is 0. The van der Waals surface area contributed by atoms with E-state index in [0.29, 0.717) is 11.8 Å². The molecule has 1 unspecified atom stereocenters. The van der Waals surface area contributed by atoms with E-state index < -0.39 is 0 Å². The van der Waals surface area contributed by atoms with Crippen molar-refractivity contribution in [1.82, 2.24) is 0 Å². The van der Waals surface area contributed by atoms with Crippen LogP contribution >= 0.6 is 43.5 Å². The molecule has 0 aliphatic rings. The summed E-state index contributed by atoms with van der Waals surface area (Å²) in [6, 6.07) is 6.21. The molecule has 0 saturated heterocycles. The Morgan fingerprint density at radius 2 is 1.75 bits per heavy atom. The van der Waals surface area contributed by atoms with Crippen LogP contribution in [0.2, 0.25) is 0 Å². The van der Waals surface area contributed by atoms with Gasteiger partial charge < -0.3 is 0 Å². The van der Waals surface area contributed by atoms with E-state index in [1.807, 2.05) is 6.07 Å². The molecule has 0 heterocycles. The van der Waals surface area contributed by atoms with Crippen LogP contribution in [-0.4, -0.2) is 5.88 Å². The lowest BCUT2D eigenvalue weighted by atomic mass is 10.0. The number of halogens is 3. The summed E-state index contributed by atoms with van der Waals surface area (Å²) in [6.45, 7) is 2.11. The predicted octanol–water partition coefficient (Wildman–Crippen LogP) is 4.55. The zero-order chi connectivity index (χ0) is 9.14. The van der Waals surface area contributed by atoms with Crippen molar-refractivity contribution >= 4 is 43.5 Å². The van der Waals surface area contributed by atoms with Gasteiger partial charge in [0.05, 0.1) is 0 Å². The lowest BCUT2D eigenvalue weighted by Gasteiger charge is -2.08. The van der Waals surface area contributed by atoms with Crippen LogP contribution in [0.5, 0.6) is 0 Å². The Hall–Kier alpha value is 0.470. The van der Waals surface area contributed by atoms with E-state index in [0.717, 1.165) is 8.95 Å². The molecule has 1 aromatic carbocycles. The molecular formula is C9H9Br2Cl. The number of benzene rings is 1. The van der Waals surface area contributed by atoms with Gasteiger partial charge in [-0.1, -0.05) is 38.8 Å². The van der Waals surface area contributed by atoms with Crippen LogP contribution in [0.25, 0.3) is 0 Å². The van der Waals surface area contributed by atoms with Crippen molar-refractivity contribution in [2.45, 2.75) is 12.8 Å². The minimum absolute atomic E-state index is 0.403. The van der Waals surface area contributed by atoms with E-state index in [-0.39, 0.29) is 0 Å². The largest absolute Gasteiger partial charge is 0.126 e. The Balaban J connectivity index is 3.00. The summed E-state index contributed by atoms with van der Waals surface area (Å²) in [6.07, 6.45) is 0. The second-order valence-electron chi connectivity index (χ2n) is 2.76. The van der Waals surface area contributed by atoms with E-state index in [9.17, 15) is 0 Å². The summed E-state index contributed by atoms with van der Waals surface area (Å²) in [5.74, 6) is 1.06. The van der Waals surface area contributed by atoms with Crippen molar-refractivity contribution in [3.8, 4) is 0 Å². The molecule has 1 aromatic rings. The number of rotatable bonds is 2. The van der Waals surface area contributed by atoms with Gasteiger partial charge in [-0.25, -0.2) is 0 Å². The molecule has 0 radical (unpaired) electrons. The van der Waals surface area contributed by atoms with Gasteiger partial charge in [-0.05, 0) is 29.7 Å². The maximum Gasteiger partial charge on any atom is 0.0289 e. The molecule has 3 heteroatoms. The van der Waals surface area contributed by atoms with Gasteiger partial charge in [-0.3, -0.25) is 0 Å². The van der Waals surface area contributed by atoms with Crippen molar-refractivity contribution < 1.29 is 0 Å². The third-order valence-electron chi connectivity index (χ3n) is 1.69. The molecule has 0 spiro atoms. The topological polar surface area (TPSA) is 0 Å². The molecule has 0 amide bonds. The van der Waals surface area contributed by atoms with E-state index in [1.54, 1.807) is 0 Å². The highest BCUT2D eigenvalue weighted by atomic mass is 79.9. The molecule has 1 rings (SSSR count). The Morgan fingerprint density at radius 3 is 2.17 bits per heavy atom. The van der Waals surface area contributed by atoms with Gasteiger partial charge in [0, 0.05) is 14.8 Å². The average Bonchev–Trinajstić information content (AvgIpc) is 2.01. The lowest BCUT2D eigenvalue weighted by molar-refractivity contribution is 0.873. The molecule has 0 N–H and O–H groups in total. The summed E-state index contributed by atoms with van der Waals surface area (Å²) in [5.41, 5.74) is 1.26. The molecule has 0 saturated carbocycles. The highest BCUT2D eigenvalue weighted by molar-refractivity contribution is 9.11. The first-order valence-corrected chi connectivity index (χ1v) is 5.77. The third-order valence-corrected chi connectivity index (χ3v) is 3.06. The maximum atomic E-state index is 5.76. The quantitative estimate of drug-likeness (QED) is 0.703. The lowest BCUT2D eigenvalue weighted by Crippen LogP contribution is -1.94. The van der Waals surface area contributed by atoms with Gasteiger partial charge in [0.15, 0.2) is 0 Å². The molecule has 0 aliphatic heterocycles.